The van der Waals surface area contributed by atoms with Crippen LogP contribution in [0.4, 0.5) is 0 Å². The van der Waals surface area contributed by atoms with Gasteiger partial charge in [-0.25, -0.2) is 0 Å². The lowest BCUT2D eigenvalue weighted by molar-refractivity contribution is -0.146. The van der Waals surface area contributed by atoms with Crippen LogP contribution in [0.25, 0.3) is 0 Å². The number of ether oxygens (including phenoxy) is 1. The van der Waals surface area contributed by atoms with Gasteiger partial charge in [0.2, 0.25) is 5.91 Å². The summed E-state index contributed by atoms with van der Waals surface area (Å²) in [6.07, 6.45) is 0. The van der Waals surface area contributed by atoms with Gasteiger partial charge in [0.1, 0.15) is 5.92 Å². The molecule has 0 spiro atoms. The third-order valence-corrected chi connectivity index (χ3v) is 2.40. The molecule has 0 saturated carbocycles. The Hall–Kier alpha value is -1.10. The maximum Gasteiger partial charge on any atom is 0.315 e. The molecule has 5 heteroatoms. The van der Waals surface area contributed by atoms with Crippen LogP contribution in [0, 0.1) is 11.8 Å². The number of nitrogens with one attached hydrogen (secondary N) is 1. The first kappa shape index (κ1) is 14.9. The molecular formula is C11H21NO4. The van der Waals surface area contributed by atoms with Crippen molar-refractivity contribution in [2.45, 2.75) is 33.7 Å². The average Bonchev–Trinajstić information content (AvgIpc) is 2.21. The van der Waals surface area contributed by atoms with E-state index in [0.717, 1.165) is 0 Å². The summed E-state index contributed by atoms with van der Waals surface area (Å²) in [5.74, 6) is -2.40. The summed E-state index contributed by atoms with van der Waals surface area (Å²) in [6, 6.07) is -0.144. The Morgan fingerprint density at radius 3 is 2.25 bits per heavy atom. The van der Waals surface area contributed by atoms with Crippen LogP contribution in [0.3, 0.4) is 0 Å². The van der Waals surface area contributed by atoms with E-state index in [1.54, 1.807) is 0 Å². The standard InChI is InChI=1S/C11H21NO4/c1-5-16-6-9(7(2)3)12-10(13)8(4)11(14)15/h7-9H,5-6H2,1-4H3,(H,12,13)(H,14,15). The number of hydrogen-bond donors (Lipinski definition) is 2. The Labute approximate surface area is 96.2 Å². The number of aliphatic carboxylic acids is 1. The van der Waals surface area contributed by atoms with Crippen molar-refractivity contribution in [3.05, 3.63) is 0 Å². The third-order valence-electron chi connectivity index (χ3n) is 2.40. The quantitative estimate of drug-likeness (QED) is 0.638. The summed E-state index contributed by atoms with van der Waals surface area (Å²) >= 11 is 0. The molecule has 0 radical (unpaired) electrons. The second-order valence-electron chi connectivity index (χ2n) is 4.08. The van der Waals surface area contributed by atoms with Gasteiger partial charge in [-0.05, 0) is 19.8 Å². The monoisotopic (exact) mass is 231 g/mol. The molecule has 94 valence electrons. The van der Waals surface area contributed by atoms with E-state index in [4.69, 9.17) is 9.84 Å². The molecule has 0 saturated heterocycles. The largest absolute Gasteiger partial charge is 0.481 e. The topological polar surface area (TPSA) is 75.6 Å². The highest BCUT2D eigenvalue weighted by Crippen LogP contribution is 2.04. The van der Waals surface area contributed by atoms with Crippen LogP contribution < -0.4 is 5.32 Å². The first-order chi connectivity index (χ1) is 7.40. The van der Waals surface area contributed by atoms with Crippen LogP contribution in [0.15, 0.2) is 0 Å². The molecule has 1 amide bonds. The van der Waals surface area contributed by atoms with Gasteiger partial charge in [-0.3, -0.25) is 9.59 Å². The van der Waals surface area contributed by atoms with E-state index in [-0.39, 0.29) is 12.0 Å². The fourth-order valence-electron chi connectivity index (χ4n) is 1.07. The van der Waals surface area contributed by atoms with E-state index in [1.807, 2.05) is 20.8 Å². The first-order valence-corrected chi connectivity index (χ1v) is 5.51. The van der Waals surface area contributed by atoms with Gasteiger partial charge >= 0.3 is 5.97 Å². The maximum absolute atomic E-state index is 11.5. The highest BCUT2D eigenvalue weighted by atomic mass is 16.5. The van der Waals surface area contributed by atoms with Gasteiger partial charge in [-0.1, -0.05) is 13.8 Å². The minimum absolute atomic E-state index is 0.144. The molecule has 0 fully saturated rings. The van der Waals surface area contributed by atoms with E-state index >= 15 is 0 Å². The van der Waals surface area contributed by atoms with Crippen LogP contribution in [0.5, 0.6) is 0 Å². The van der Waals surface area contributed by atoms with Crippen LogP contribution >= 0.6 is 0 Å². The summed E-state index contributed by atoms with van der Waals surface area (Å²) in [5, 5.41) is 11.4. The van der Waals surface area contributed by atoms with Gasteiger partial charge in [0.15, 0.2) is 0 Å². The second kappa shape index (κ2) is 7.22. The molecule has 0 aromatic carbocycles. The Kier molecular flexibility index (Phi) is 6.72. The molecule has 0 aliphatic carbocycles. The molecule has 5 nitrogen and oxygen atoms in total. The normalized spacial score (nSPS) is 14.6. The lowest BCUT2D eigenvalue weighted by Crippen LogP contribution is -2.45. The molecule has 0 aromatic rings. The summed E-state index contributed by atoms with van der Waals surface area (Å²) < 4.78 is 5.24. The maximum atomic E-state index is 11.5. The zero-order valence-electron chi connectivity index (χ0n) is 10.3. The van der Waals surface area contributed by atoms with Gasteiger partial charge in [-0.2, -0.15) is 0 Å². The molecule has 0 aliphatic heterocycles. The summed E-state index contributed by atoms with van der Waals surface area (Å²) in [5.41, 5.74) is 0. The number of rotatable bonds is 7. The van der Waals surface area contributed by atoms with Crippen molar-refractivity contribution in [3.63, 3.8) is 0 Å². The predicted octanol–water partition coefficient (Wildman–Crippen LogP) is 0.884. The number of hydrogen-bond acceptors (Lipinski definition) is 3. The predicted molar refractivity (Wildman–Crippen MR) is 60.1 cm³/mol. The lowest BCUT2D eigenvalue weighted by Gasteiger charge is -2.23. The van der Waals surface area contributed by atoms with E-state index < -0.39 is 17.8 Å². The number of carboxylic acid groups (broad SMARTS) is 1. The minimum Gasteiger partial charge on any atom is -0.481 e. The van der Waals surface area contributed by atoms with Crippen molar-refractivity contribution in [2.24, 2.45) is 11.8 Å². The van der Waals surface area contributed by atoms with Gasteiger partial charge < -0.3 is 15.2 Å². The van der Waals surface area contributed by atoms with Gasteiger partial charge in [0.25, 0.3) is 0 Å². The Morgan fingerprint density at radius 1 is 1.31 bits per heavy atom. The van der Waals surface area contributed by atoms with Crippen LogP contribution in [0.1, 0.15) is 27.7 Å². The van der Waals surface area contributed by atoms with Crippen molar-refractivity contribution in [1.29, 1.82) is 0 Å². The van der Waals surface area contributed by atoms with Crippen molar-refractivity contribution >= 4 is 11.9 Å². The molecule has 0 heterocycles. The molecule has 0 aromatic heterocycles. The van der Waals surface area contributed by atoms with E-state index in [2.05, 4.69) is 5.32 Å². The fraction of sp³-hybridized carbons (Fsp3) is 0.818. The molecule has 0 aliphatic rings. The Bertz CT molecular complexity index is 240. The Balaban J connectivity index is 4.28. The number of carbonyl (C=O) groups is 2. The highest BCUT2D eigenvalue weighted by Gasteiger charge is 2.24. The van der Waals surface area contributed by atoms with Crippen molar-refractivity contribution < 1.29 is 19.4 Å². The fourth-order valence-corrected chi connectivity index (χ4v) is 1.07. The van der Waals surface area contributed by atoms with Gasteiger partial charge in [-0.15, -0.1) is 0 Å². The van der Waals surface area contributed by atoms with Crippen LogP contribution in [0.2, 0.25) is 0 Å². The molecule has 0 bridgehead atoms. The number of carbonyl (C=O) groups excluding carboxylic acids is 1. The average molecular weight is 231 g/mol. The van der Waals surface area contributed by atoms with Crippen LogP contribution in [-0.2, 0) is 14.3 Å². The van der Waals surface area contributed by atoms with Crippen molar-refractivity contribution in [3.8, 4) is 0 Å². The lowest BCUT2D eigenvalue weighted by atomic mass is 10.0. The SMILES string of the molecule is CCOCC(NC(=O)C(C)C(=O)O)C(C)C. The molecule has 0 rings (SSSR count). The summed E-state index contributed by atoms with van der Waals surface area (Å²) in [6.45, 7) is 8.14. The molecule has 16 heavy (non-hydrogen) atoms. The van der Waals surface area contributed by atoms with Gasteiger partial charge in [0, 0.05) is 6.61 Å². The van der Waals surface area contributed by atoms with E-state index in [0.29, 0.717) is 13.2 Å². The van der Waals surface area contributed by atoms with E-state index in [1.165, 1.54) is 6.92 Å². The van der Waals surface area contributed by atoms with Crippen molar-refractivity contribution in [2.75, 3.05) is 13.2 Å². The molecule has 2 N–H and O–H groups in total. The molecular weight excluding hydrogens is 210 g/mol. The second-order valence-corrected chi connectivity index (χ2v) is 4.08. The summed E-state index contributed by atoms with van der Waals surface area (Å²) in [7, 11) is 0. The van der Waals surface area contributed by atoms with E-state index in [9.17, 15) is 9.59 Å². The molecule has 2 atom stereocenters. The van der Waals surface area contributed by atoms with Crippen LogP contribution in [-0.4, -0.2) is 36.2 Å². The molecule has 2 unspecified atom stereocenters. The smallest absolute Gasteiger partial charge is 0.315 e. The number of carboxylic acids is 1. The van der Waals surface area contributed by atoms with Gasteiger partial charge in [0.05, 0.1) is 12.6 Å². The summed E-state index contributed by atoms with van der Waals surface area (Å²) in [4.78, 5) is 22.1. The minimum atomic E-state index is -1.11. The Morgan fingerprint density at radius 2 is 1.88 bits per heavy atom. The third kappa shape index (κ3) is 5.11. The zero-order chi connectivity index (χ0) is 12.7. The highest BCUT2D eigenvalue weighted by molar-refractivity contribution is 5.96. The van der Waals surface area contributed by atoms with Crippen molar-refractivity contribution in [1.82, 2.24) is 5.32 Å². The first-order valence-electron chi connectivity index (χ1n) is 5.51. The number of amides is 1. The zero-order valence-corrected chi connectivity index (χ0v) is 10.3.